The lowest BCUT2D eigenvalue weighted by molar-refractivity contribution is -0.131. The van der Waals surface area contributed by atoms with Crippen LogP contribution in [0, 0.1) is 0 Å². The third-order valence-corrected chi connectivity index (χ3v) is 3.32. The molecule has 0 fully saturated rings. The number of halogens is 2. The van der Waals surface area contributed by atoms with E-state index in [1.54, 1.807) is 12.1 Å². The van der Waals surface area contributed by atoms with Crippen LogP contribution < -0.4 is 4.74 Å². The van der Waals surface area contributed by atoms with E-state index < -0.39 is 5.97 Å². The van der Waals surface area contributed by atoms with Gasteiger partial charge in [0.2, 0.25) is 0 Å². The fourth-order valence-electron chi connectivity index (χ4n) is 1.80. The zero-order chi connectivity index (χ0) is 12.4. The first-order chi connectivity index (χ1) is 8.09. The Bertz CT molecular complexity index is 495. The number of rotatable bonds is 1. The first-order valence-corrected chi connectivity index (χ1v) is 5.90. The minimum absolute atomic E-state index is 0.336. The Hall–Kier alpha value is -1.19. The van der Waals surface area contributed by atoms with Gasteiger partial charge in [-0.3, -0.25) is 0 Å². The van der Waals surface area contributed by atoms with Gasteiger partial charge in [0, 0.05) is 11.6 Å². The van der Waals surface area contributed by atoms with Crippen molar-refractivity contribution >= 4 is 34.7 Å². The van der Waals surface area contributed by atoms with Crippen LogP contribution >= 0.6 is 23.2 Å². The van der Waals surface area contributed by atoms with E-state index in [1.165, 1.54) is 6.08 Å². The highest BCUT2D eigenvalue weighted by molar-refractivity contribution is 6.43. The molecule has 0 aliphatic carbocycles. The summed E-state index contributed by atoms with van der Waals surface area (Å²) in [4.78, 5) is 10.8. The van der Waals surface area contributed by atoms with Crippen LogP contribution in [-0.4, -0.2) is 17.7 Å². The Labute approximate surface area is 109 Å². The molecule has 0 spiro atoms. The molecule has 5 heteroatoms. The molecule has 1 aromatic rings. The summed E-state index contributed by atoms with van der Waals surface area (Å²) in [5, 5.41) is 9.57. The lowest BCUT2D eigenvalue weighted by atomic mass is 10.0. The third kappa shape index (κ3) is 2.56. The second kappa shape index (κ2) is 4.98. The summed E-state index contributed by atoms with van der Waals surface area (Å²) >= 11 is 12.0. The second-order valence-electron chi connectivity index (χ2n) is 3.70. The Morgan fingerprint density at radius 1 is 1.41 bits per heavy atom. The van der Waals surface area contributed by atoms with Crippen LogP contribution in [0.1, 0.15) is 18.4 Å². The van der Waals surface area contributed by atoms with Gasteiger partial charge < -0.3 is 9.84 Å². The molecule has 1 aromatic carbocycles. The lowest BCUT2D eigenvalue weighted by Crippen LogP contribution is -1.96. The van der Waals surface area contributed by atoms with Gasteiger partial charge in [-0.05, 0) is 30.5 Å². The molecule has 0 saturated heterocycles. The van der Waals surface area contributed by atoms with Gasteiger partial charge in [0.25, 0.3) is 0 Å². The van der Waals surface area contributed by atoms with E-state index in [0.29, 0.717) is 40.0 Å². The molecule has 0 aromatic heterocycles. The number of carbonyl (C=O) groups is 1. The Morgan fingerprint density at radius 3 is 2.88 bits per heavy atom. The van der Waals surface area contributed by atoms with Crippen LogP contribution in [-0.2, 0) is 4.79 Å². The van der Waals surface area contributed by atoms with Crippen LogP contribution in [0.15, 0.2) is 18.2 Å². The molecule has 0 saturated carbocycles. The summed E-state index contributed by atoms with van der Waals surface area (Å²) in [5.41, 5.74) is 1.42. The Balaban J connectivity index is 2.58. The number of carboxylic acids is 1. The largest absolute Gasteiger partial charge is 0.491 e. The van der Waals surface area contributed by atoms with Gasteiger partial charge in [-0.2, -0.15) is 0 Å². The zero-order valence-electron chi connectivity index (χ0n) is 8.87. The molecular formula is C12H10Cl2O3. The summed E-state index contributed by atoms with van der Waals surface area (Å²) in [6.45, 7) is 0.504. The molecule has 0 bridgehead atoms. The van der Waals surface area contributed by atoms with Gasteiger partial charge in [-0.15, -0.1) is 0 Å². The number of aliphatic carboxylic acids is 1. The Morgan fingerprint density at radius 2 is 2.18 bits per heavy atom. The highest BCUT2D eigenvalue weighted by Gasteiger charge is 2.19. The number of fused-ring (bicyclic) bond motifs is 1. The van der Waals surface area contributed by atoms with Gasteiger partial charge >= 0.3 is 5.97 Å². The molecule has 0 radical (unpaired) electrons. The minimum atomic E-state index is -0.973. The van der Waals surface area contributed by atoms with E-state index in [0.717, 1.165) is 6.42 Å². The molecule has 1 heterocycles. The van der Waals surface area contributed by atoms with Crippen molar-refractivity contribution in [1.82, 2.24) is 0 Å². The molecule has 0 amide bonds. The Kier molecular flexibility index (Phi) is 3.60. The van der Waals surface area contributed by atoms with Crippen LogP contribution in [0.2, 0.25) is 10.0 Å². The molecule has 17 heavy (non-hydrogen) atoms. The zero-order valence-corrected chi connectivity index (χ0v) is 10.4. The van der Waals surface area contributed by atoms with Crippen molar-refractivity contribution < 1.29 is 14.6 Å². The summed E-state index contributed by atoms with van der Waals surface area (Å²) in [6.07, 6.45) is 2.59. The molecular weight excluding hydrogens is 263 g/mol. The number of benzene rings is 1. The number of carboxylic acid groups (broad SMARTS) is 1. The molecule has 90 valence electrons. The average molecular weight is 273 g/mol. The normalized spacial score (nSPS) is 17.2. The molecule has 2 rings (SSSR count). The maximum atomic E-state index is 10.8. The van der Waals surface area contributed by atoms with Crippen molar-refractivity contribution in [2.45, 2.75) is 12.8 Å². The molecule has 3 nitrogen and oxygen atoms in total. The van der Waals surface area contributed by atoms with E-state index in [1.807, 2.05) is 0 Å². The van der Waals surface area contributed by atoms with Crippen LogP contribution in [0.25, 0.3) is 5.57 Å². The predicted octanol–water partition coefficient (Wildman–Crippen LogP) is 3.63. The number of ether oxygens (including phenoxy) is 1. The molecule has 1 N–H and O–H groups in total. The van der Waals surface area contributed by atoms with Gasteiger partial charge in [0.15, 0.2) is 0 Å². The number of hydrogen-bond donors (Lipinski definition) is 1. The van der Waals surface area contributed by atoms with Gasteiger partial charge in [-0.1, -0.05) is 23.2 Å². The van der Waals surface area contributed by atoms with E-state index in [-0.39, 0.29) is 0 Å². The molecule has 0 unspecified atom stereocenters. The van der Waals surface area contributed by atoms with Gasteiger partial charge in [0.05, 0.1) is 11.6 Å². The highest BCUT2D eigenvalue weighted by Crippen LogP contribution is 2.41. The van der Waals surface area contributed by atoms with Crippen molar-refractivity contribution in [2.24, 2.45) is 0 Å². The first kappa shape index (κ1) is 12.3. The van der Waals surface area contributed by atoms with Crippen molar-refractivity contribution in [2.75, 3.05) is 6.61 Å². The van der Waals surface area contributed by atoms with E-state index in [2.05, 4.69) is 0 Å². The molecule has 1 aliphatic heterocycles. The smallest absolute Gasteiger partial charge is 0.328 e. The maximum Gasteiger partial charge on any atom is 0.328 e. The van der Waals surface area contributed by atoms with Crippen molar-refractivity contribution in [1.29, 1.82) is 0 Å². The maximum absolute atomic E-state index is 10.8. The molecule has 1 aliphatic rings. The van der Waals surface area contributed by atoms with Crippen molar-refractivity contribution in [3.63, 3.8) is 0 Å². The highest BCUT2D eigenvalue weighted by atomic mass is 35.5. The fourth-order valence-corrected chi connectivity index (χ4v) is 2.16. The average Bonchev–Trinajstić information content (AvgIpc) is 2.46. The minimum Gasteiger partial charge on any atom is -0.491 e. The van der Waals surface area contributed by atoms with Gasteiger partial charge in [0.1, 0.15) is 10.8 Å². The van der Waals surface area contributed by atoms with Crippen molar-refractivity contribution in [3.8, 4) is 5.75 Å². The van der Waals surface area contributed by atoms with Crippen LogP contribution in [0.3, 0.4) is 0 Å². The predicted molar refractivity (Wildman–Crippen MR) is 66.8 cm³/mol. The summed E-state index contributed by atoms with van der Waals surface area (Å²) in [5.74, 6) is -0.497. The van der Waals surface area contributed by atoms with E-state index >= 15 is 0 Å². The van der Waals surface area contributed by atoms with Crippen LogP contribution in [0.5, 0.6) is 5.75 Å². The number of hydrogen-bond acceptors (Lipinski definition) is 2. The van der Waals surface area contributed by atoms with E-state index in [4.69, 9.17) is 33.0 Å². The first-order valence-electron chi connectivity index (χ1n) is 5.14. The van der Waals surface area contributed by atoms with Crippen LogP contribution in [0.4, 0.5) is 0 Å². The monoisotopic (exact) mass is 272 g/mol. The second-order valence-corrected chi connectivity index (χ2v) is 4.48. The van der Waals surface area contributed by atoms with Crippen molar-refractivity contribution in [3.05, 3.63) is 33.8 Å². The standard InChI is InChI=1S/C12H10Cl2O3/c13-9-4-3-8-7(6-10(15)16)2-1-5-17-12(8)11(9)14/h3-4,6H,1-2,5H2,(H,15,16)/b7-6+. The summed E-state index contributed by atoms with van der Waals surface area (Å²) < 4.78 is 5.52. The summed E-state index contributed by atoms with van der Waals surface area (Å²) in [7, 11) is 0. The fraction of sp³-hybridized carbons (Fsp3) is 0.250. The summed E-state index contributed by atoms with van der Waals surface area (Å²) in [6, 6.07) is 3.39. The van der Waals surface area contributed by atoms with Gasteiger partial charge in [-0.25, -0.2) is 4.79 Å². The quantitative estimate of drug-likeness (QED) is 0.794. The number of allylic oxidation sites excluding steroid dienone is 1. The third-order valence-electron chi connectivity index (χ3n) is 2.53. The SMILES string of the molecule is O=C(O)/C=C1\CCCOc2c1ccc(Cl)c2Cl. The topological polar surface area (TPSA) is 46.5 Å². The molecule has 0 atom stereocenters. The lowest BCUT2D eigenvalue weighted by Gasteiger charge is -2.11. The van der Waals surface area contributed by atoms with E-state index in [9.17, 15) is 4.79 Å².